The highest BCUT2D eigenvalue weighted by atomic mass is 35.5. The molecular formula is C29H25ClFNO4. The molecule has 5 rings (SSSR count). The zero-order chi connectivity index (χ0) is 25.2. The van der Waals surface area contributed by atoms with Crippen LogP contribution in [0.2, 0.25) is 5.02 Å². The van der Waals surface area contributed by atoms with Crippen molar-refractivity contribution in [3.8, 4) is 5.75 Å². The quantitative estimate of drug-likeness (QED) is 0.244. The fraction of sp³-hybridized carbons (Fsp3) is 0.241. The molecular weight excluding hydrogens is 481 g/mol. The molecule has 5 nitrogen and oxygen atoms in total. The van der Waals surface area contributed by atoms with E-state index in [1.54, 1.807) is 11.0 Å². The number of hydrogen-bond acceptors (Lipinski definition) is 4. The minimum atomic E-state index is -0.744. The lowest BCUT2D eigenvalue weighted by Gasteiger charge is -2.26. The molecule has 0 N–H and O–H groups in total. The summed E-state index contributed by atoms with van der Waals surface area (Å²) < 4.78 is 25.8. The van der Waals surface area contributed by atoms with Crippen molar-refractivity contribution in [3.63, 3.8) is 0 Å². The molecule has 3 aromatic carbocycles. The van der Waals surface area contributed by atoms with Crippen molar-refractivity contribution in [3.05, 3.63) is 110 Å². The van der Waals surface area contributed by atoms with E-state index in [4.69, 9.17) is 20.8 Å². The molecule has 36 heavy (non-hydrogen) atoms. The maximum atomic E-state index is 14.0. The Morgan fingerprint density at radius 2 is 1.86 bits per heavy atom. The lowest BCUT2D eigenvalue weighted by molar-refractivity contribution is 0.0714. The molecule has 1 aromatic heterocycles. The van der Waals surface area contributed by atoms with Gasteiger partial charge in [-0.15, -0.1) is 0 Å². The summed E-state index contributed by atoms with van der Waals surface area (Å²) in [5.41, 5.74) is 1.36. The second-order valence-electron chi connectivity index (χ2n) is 8.87. The maximum Gasteiger partial charge on any atom is 0.291 e. The van der Waals surface area contributed by atoms with Crippen molar-refractivity contribution in [2.24, 2.45) is 0 Å². The van der Waals surface area contributed by atoms with E-state index < -0.39 is 23.2 Å². The first-order chi connectivity index (χ1) is 17.5. The molecule has 1 aliphatic heterocycles. The number of fused-ring (bicyclic) bond motifs is 2. The molecule has 0 saturated heterocycles. The van der Waals surface area contributed by atoms with Crippen LogP contribution in [-0.4, -0.2) is 17.4 Å². The molecule has 2 heterocycles. The normalized spacial score (nSPS) is 14.9. The van der Waals surface area contributed by atoms with E-state index in [2.05, 4.69) is 6.92 Å². The Bertz CT molecular complexity index is 1500. The van der Waals surface area contributed by atoms with Gasteiger partial charge >= 0.3 is 0 Å². The van der Waals surface area contributed by atoms with Gasteiger partial charge in [-0.2, -0.15) is 0 Å². The van der Waals surface area contributed by atoms with Crippen LogP contribution in [-0.2, 0) is 6.54 Å². The fourth-order valence-corrected chi connectivity index (χ4v) is 4.82. The molecule has 184 valence electrons. The van der Waals surface area contributed by atoms with Crippen LogP contribution in [0.3, 0.4) is 0 Å². The van der Waals surface area contributed by atoms with Crippen molar-refractivity contribution in [2.75, 3.05) is 6.61 Å². The minimum absolute atomic E-state index is 0.0366. The molecule has 0 aliphatic carbocycles. The van der Waals surface area contributed by atoms with Gasteiger partial charge in [0.25, 0.3) is 5.91 Å². The number of nitrogens with zero attached hydrogens (tertiary/aromatic N) is 1. The molecule has 7 heteroatoms. The van der Waals surface area contributed by atoms with Gasteiger partial charge < -0.3 is 14.1 Å². The molecule has 1 amide bonds. The Labute approximate surface area is 213 Å². The SMILES string of the molecule is CCCCCOc1cccc(C2c3c(oc4ccc(F)cc4c3=O)C(=O)N2Cc2ccccc2Cl)c1. The predicted octanol–water partition coefficient (Wildman–Crippen LogP) is 6.90. The van der Waals surface area contributed by atoms with Gasteiger partial charge in [-0.3, -0.25) is 9.59 Å². The Balaban J connectivity index is 1.63. The summed E-state index contributed by atoms with van der Waals surface area (Å²) >= 11 is 6.41. The summed E-state index contributed by atoms with van der Waals surface area (Å²) in [6.45, 7) is 2.87. The zero-order valence-electron chi connectivity index (χ0n) is 19.8. The molecule has 0 spiro atoms. The fourth-order valence-electron chi connectivity index (χ4n) is 4.63. The van der Waals surface area contributed by atoms with Crippen LogP contribution in [0.1, 0.15) is 59.5 Å². The molecule has 4 aromatic rings. The van der Waals surface area contributed by atoms with E-state index in [1.165, 1.54) is 12.1 Å². The number of unbranched alkanes of at least 4 members (excludes halogenated alkanes) is 2. The average Bonchev–Trinajstić information content (AvgIpc) is 3.15. The van der Waals surface area contributed by atoms with Crippen molar-refractivity contribution in [1.82, 2.24) is 4.90 Å². The third kappa shape index (κ3) is 4.49. The van der Waals surface area contributed by atoms with Crippen LogP contribution >= 0.6 is 11.6 Å². The molecule has 0 bridgehead atoms. The van der Waals surface area contributed by atoms with E-state index in [1.807, 2.05) is 42.5 Å². The van der Waals surface area contributed by atoms with E-state index in [-0.39, 0.29) is 28.8 Å². The first-order valence-electron chi connectivity index (χ1n) is 12.0. The van der Waals surface area contributed by atoms with Crippen molar-refractivity contribution >= 4 is 28.5 Å². The number of carbonyl (C=O) groups is 1. The molecule has 1 atom stereocenters. The van der Waals surface area contributed by atoms with Crippen molar-refractivity contribution in [1.29, 1.82) is 0 Å². The van der Waals surface area contributed by atoms with Gasteiger partial charge in [-0.05, 0) is 53.9 Å². The first kappa shape index (κ1) is 24.1. The summed E-state index contributed by atoms with van der Waals surface area (Å²) in [6.07, 6.45) is 3.09. The van der Waals surface area contributed by atoms with Gasteiger partial charge in [-0.1, -0.05) is 61.7 Å². The molecule has 0 fully saturated rings. The number of ether oxygens (including phenoxy) is 1. The second kappa shape index (κ2) is 10.2. The average molecular weight is 506 g/mol. The predicted molar refractivity (Wildman–Crippen MR) is 137 cm³/mol. The number of hydrogen-bond donors (Lipinski definition) is 0. The highest BCUT2D eigenvalue weighted by Gasteiger charge is 2.43. The molecule has 1 unspecified atom stereocenters. The summed E-state index contributed by atoms with van der Waals surface area (Å²) in [6, 6.07) is 17.6. The summed E-state index contributed by atoms with van der Waals surface area (Å²) in [4.78, 5) is 28.8. The van der Waals surface area contributed by atoms with Gasteiger partial charge in [-0.25, -0.2) is 4.39 Å². The van der Waals surface area contributed by atoms with Crippen LogP contribution in [0.5, 0.6) is 5.75 Å². The van der Waals surface area contributed by atoms with Crippen LogP contribution in [0.15, 0.2) is 75.9 Å². The van der Waals surface area contributed by atoms with Crippen molar-refractivity contribution in [2.45, 2.75) is 38.8 Å². The lowest BCUT2D eigenvalue weighted by Crippen LogP contribution is -2.29. The zero-order valence-corrected chi connectivity index (χ0v) is 20.6. The number of halogens is 2. The molecule has 0 radical (unpaired) electrons. The van der Waals surface area contributed by atoms with E-state index in [9.17, 15) is 14.0 Å². The van der Waals surface area contributed by atoms with Crippen LogP contribution < -0.4 is 10.2 Å². The maximum absolute atomic E-state index is 14.0. The van der Waals surface area contributed by atoms with Crippen LogP contribution in [0.25, 0.3) is 11.0 Å². The van der Waals surface area contributed by atoms with Gasteiger partial charge in [0.05, 0.1) is 23.6 Å². The standard InChI is InChI=1S/C29H25ClFNO4/c1-2-3-6-14-35-21-10-7-9-18(15-21)26-25-27(33)22-16-20(31)12-13-24(22)36-28(25)29(34)32(26)17-19-8-4-5-11-23(19)30/h4-5,7-13,15-16,26H,2-3,6,14,17H2,1H3. The largest absolute Gasteiger partial charge is 0.494 e. The number of carbonyl (C=O) groups excluding carboxylic acids is 1. The van der Waals surface area contributed by atoms with Gasteiger partial charge in [0.2, 0.25) is 5.76 Å². The van der Waals surface area contributed by atoms with Gasteiger partial charge in [0, 0.05) is 11.6 Å². The van der Waals surface area contributed by atoms with Gasteiger partial charge in [0.1, 0.15) is 17.1 Å². The molecule has 1 aliphatic rings. The summed E-state index contributed by atoms with van der Waals surface area (Å²) in [7, 11) is 0. The van der Waals surface area contributed by atoms with E-state index in [0.29, 0.717) is 22.9 Å². The lowest BCUT2D eigenvalue weighted by atomic mass is 9.98. The number of rotatable bonds is 8. The topological polar surface area (TPSA) is 59.8 Å². The van der Waals surface area contributed by atoms with E-state index in [0.717, 1.165) is 30.9 Å². The minimum Gasteiger partial charge on any atom is -0.494 e. The third-order valence-electron chi connectivity index (χ3n) is 6.42. The smallest absolute Gasteiger partial charge is 0.291 e. The number of benzene rings is 3. The Kier molecular flexibility index (Phi) is 6.79. The first-order valence-corrected chi connectivity index (χ1v) is 12.4. The van der Waals surface area contributed by atoms with Gasteiger partial charge in [0.15, 0.2) is 5.43 Å². The molecule has 0 saturated carbocycles. The number of amides is 1. The Morgan fingerprint density at radius 1 is 1.03 bits per heavy atom. The Morgan fingerprint density at radius 3 is 2.67 bits per heavy atom. The highest BCUT2D eigenvalue weighted by Crippen LogP contribution is 2.40. The highest BCUT2D eigenvalue weighted by molar-refractivity contribution is 6.31. The van der Waals surface area contributed by atoms with E-state index >= 15 is 0 Å². The summed E-state index contributed by atoms with van der Waals surface area (Å²) in [5, 5.41) is 0.609. The van der Waals surface area contributed by atoms with Crippen LogP contribution in [0.4, 0.5) is 4.39 Å². The summed E-state index contributed by atoms with van der Waals surface area (Å²) in [5.74, 6) is -0.359. The second-order valence-corrected chi connectivity index (χ2v) is 9.28. The third-order valence-corrected chi connectivity index (χ3v) is 6.79. The Hall–Kier alpha value is -3.64. The monoisotopic (exact) mass is 505 g/mol. The van der Waals surface area contributed by atoms with Crippen LogP contribution in [0, 0.1) is 5.82 Å². The van der Waals surface area contributed by atoms with Crippen molar-refractivity contribution < 1.29 is 18.3 Å².